The van der Waals surface area contributed by atoms with Crippen molar-refractivity contribution >= 4 is 17.2 Å². The summed E-state index contributed by atoms with van der Waals surface area (Å²) >= 11 is 1.39. The van der Waals surface area contributed by atoms with Crippen LogP contribution in [-0.2, 0) is 0 Å². The Kier molecular flexibility index (Phi) is 3.02. The van der Waals surface area contributed by atoms with Crippen LogP contribution in [0.4, 0.5) is 0 Å². The van der Waals surface area contributed by atoms with Crippen LogP contribution in [0.15, 0.2) is 29.9 Å². The summed E-state index contributed by atoms with van der Waals surface area (Å²) in [7, 11) is 0. The molecule has 0 aromatic carbocycles. The van der Waals surface area contributed by atoms with Gasteiger partial charge in [0.15, 0.2) is 0 Å². The third-order valence-electron chi connectivity index (χ3n) is 1.98. The maximum absolute atomic E-state index is 11.7. The number of rotatable bonds is 3. The van der Waals surface area contributed by atoms with Gasteiger partial charge in [0.25, 0.3) is 5.91 Å². The largest absolute Gasteiger partial charge is 0.322 e. The molecule has 6 heteroatoms. The quantitative estimate of drug-likeness (QED) is 0.844. The Morgan fingerprint density at radius 2 is 2.25 bits per heavy atom. The van der Waals surface area contributed by atoms with E-state index in [1.165, 1.54) is 11.3 Å². The van der Waals surface area contributed by atoms with Crippen LogP contribution < -0.4 is 11.2 Å². The Hall–Kier alpha value is -1.66. The van der Waals surface area contributed by atoms with Gasteiger partial charge in [0.05, 0.1) is 6.04 Å². The first kappa shape index (κ1) is 10.8. The van der Waals surface area contributed by atoms with E-state index in [4.69, 9.17) is 5.73 Å². The fourth-order valence-corrected chi connectivity index (χ4v) is 1.94. The number of thiazole rings is 1. The summed E-state index contributed by atoms with van der Waals surface area (Å²) in [6, 6.07) is 3.52. The molecule has 0 saturated carbocycles. The standard InChI is InChI=1S/C10H12N4OS/c1-7(11)10-12-8(6-16-10)9(15)13-14-4-2-3-5-14/h2-7H,11H2,1H3,(H,13,15). The number of nitrogens with zero attached hydrogens (tertiary/aromatic N) is 2. The minimum atomic E-state index is -0.237. The summed E-state index contributed by atoms with van der Waals surface area (Å²) in [5.74, 6) is -0.237. The first-order chi connectivity index (χ1) is 7.66. The normalized spacial score (nSPS) is 12.4. The molecule has 2 rings (SSSR count). The van der Waals surface area contributed by atoms with Crippen LogP contribution in [-0.4, -0.2) is 15.6 Å². The number of nitrogens with two attached hydrogens (primary N) is 1. The number of amides is 1. The van der Waals surface area contributed by atoms with Gasteiger partial charge < -0.3 is 5.73 Å². The van der Waals surface area contributed by atoms with Crippen molar-refractivity contribution in [3.8, 4) is 0 Å². The zero-order chi connectivity index (χ0) is 11.5. The molecule has 0 radical (unpaired) electrons. The number of nitrogens with one attached hydrogen (secondary N) is 1. The molecule has 3 N–H and O–H groups in total. The summed E-state index contributed by atoms with van der Waals surface area (Å²) < 4.78 is 1.58. The van der Waals surface area contributed by atoms with E-state index in [1.807, 2.05) is 19.1 Å². The molecule has 1 unspecified atom stereocenters. The number of carbonyl (C=O) groups excluding carboxylic acids is 1. The molecule has 0 aliphatic rings. The molecule has 0 spiro atoms. The first-order valence-corrected chi connectivity index (χ1v) is 5.70. The van der Waals surface area contributed by atoms with Crippen LogP contribution in [0.5, 0.6) is 0 Å². The predicted molar refractivity (Wildman–Crippen MR) is 62.8 cm³/mol. The summed E-state index contributed by atoms with van der Waals surface area (Å²) in [4.78, 5) is 15.9. The molecule has 1 amide bonds. The predicted octanol–water partition coefficient (Wildman–Crippen LogP) is 1.35. The van der Waals surface area contributed by atoms with Crippen molar-refractivity contribution in [3.63, 3.8) is 0 Å². The Morgan fingerprint density at radius 1 is 1.56 bits per heavy atom. The van der Waals surface area contributed by atoms with Gasteiger partial charge in [-0.2, -0.15) is 0 Å². The molecule has 84 valence electrons. The number of aromatic nitrogens is 2. The highest BCUT2D eigenvalue weighted by Crippen LogP contribution is 2.15. The summed E-state index contributed by atoms with van der Waals surface area (Å²) in [5, 5.41) is 2.47. The molecule has 2 aromatic rings. The van der Waals surface area contributed by atoms with Crippen molar-refractivity contribution in [2.24, 2.45) is 5.73 Å². The Labute approximate surface area is 96.9 Å². The smallest absolute Gasteiger partial charge is 0.289 e. The lowest BCUT2D eigenvalue weighted by Gasteiger charge is -2.03. The summed E-state index contributed by atoms with van der Waals surface area (Å²) in [6.07, 6.45) is 3.49. The second kappa shape index (κ2) is 4.46. The second-order valence-corrected chi connectivity index (χ2v) is 4.28. The second-order valence-electron chi connectivity index (χ2n) is 3.39. The Balaban J connectivity index is 2.09. The average Bonchev–Trinajstić information content (AvgIpc) is 2.86. The van der Waals surface area contributed by atoms with Gasteiger partial charge in [-0.15, -0.1) is 11.3 Å². The maximum atomic E-state index is 11.7. The molecule has 5 nitrogen and oxygen atoms in total. The van der Waals surface area contributed by atoms with E-state index in [0.29, 0.717) is 5.69 Å². The van der Waals surface area contributed by atoms with Gasteiger partial charge in [0.1, 0.15) is 10.7 Å². The van der Waals surface area contributed by atoms with Crippen molar-refractivity contribution in [2.45, 2.75) is 13.0 Å². The summed E-state index contributed by atoms with van der Waals surface area (Å²) in [5.41, 5.74) is 8.74. The van der Waals surface area contributed by atoms with Crippen LogP contribution in [0.3, 0.4) is 0 Å². The minimum absolute atomic E-state index is 0.141. The first-order valence-electron chi connectivity index (χ1n) is 4.82. The third kappa shape index (κ3) is 2.29. The van der Waals surface area contributed by atoms with E-state index in [-0.39, 0.29) is 11.9 Å². The van der Waals surface area contributed by atoms with E-state index in [2.05, 4.69) is 10.4 Å². The zero-order valence-electron chi connectivity index (χ0n) is 8.75. The molecule has 0 bridgehead atoms. The maximum Gasteiger partial charge on any atom is 0.289 e. The molecule has 0 aliphatic heterocycles. The molecule has 0 saturated heterocycles. The lowest BCUT2D eigenvalue weighted by molar-refractivity contribution is 0.100. The van der Waals surface area contributed by atoms with E-state index >= 15 is 0 Å². The van der Waals surface area contributed by atoms with Crippen LogP contribution in [0.1, 0.15) is 28.5 Å². The fourth-order valence-electron chi connectivity index (χ4n) is 1.18. The van der Waals surface area contributed by atoms with Gasteiger partial charge >= 0.3 is 0 Å². The fraction of sp³-hybridized carbons (Fsp3) is 0.200. The average molecular weight is 236 g/mol. The molecule has 0 fully saturated rings. The van der Waals surface area contributed by atoms with Crippen LogP contribution >= 0.6 is 11.3 Å². The third-order valence-corrected chi connectivity index (χ3v) is 3.02. The molecular weight excluding hydrogens is 224 g/mol. The van der Waals surface area contributed by atoms with Crippen LogP contribution in [0.2, 0.25) is 0 Å². The highest BCUT2D eigenvalue weighted by molar-refractivity contribution is 7.09. The molecule has 16 heavy (non-hydrogen) atoms. The molecule has 2 heterocycles. The Morgan fingerprint density at radius 3 is 2.81 bits per heavy atom. The highest BCUT2D eigenvalue weighted by atomic mass is 32.1. The molecule has 1 atom stereocenters. The lowest BCUT2D eigenvalue weighted by atomic mass is 10.4. The topological polar surface area (TPSA) is 72.9 Å². The van der Waals surface area contributed by atoms with Crippen molar-refractivity contribution in [3.05, 3.63) is 40.6 Å². The van der Waals surface area contributed by atoms with E-state index in [9.17, 15) is 4.79 Å². The molecule has 2 aromatic heterocycles. The van der Waals surface area contributed by atoms with Gasteiger partial charge in [-0.3, -0.25) is 14.9 Å². The number of hydrogen-bond donors (Lipinski definition) is 2. The lowest BCUT2D eigenvalue weighted by Crippen LogP contribution is -2.21. The zero-order valence-corrected chi connectivity index (χ0v) is 9.57. The Bertz CT molecular complexity index is 475. The van der Waals surface area contributed by atoms with Gasteiger partial charge in [0, 0.05) is 17.8 Å². The van der Waals surface area contributed by atoms with Crippen molar-refractivity contribution in [1.29, 1.82) is 0 Å². The van der Waals surface area contributed by atoms with Crippen molar-refractivity contribution < 1.29 is 4.79 Å². The number of hydrogen-bond acceptors (Lipinski definition) is 4. The van der Waals surface area contributed by atoms with Gasteiger partial charge in [-0.25, -0.2) is 4.98 Å². The minimum Gasteiger partial charge on any atom is -0.322 e. The van der Waals surface area contributed by atoms with Gasteiger partial charge in [0.2, 0.25) is 0 Å². The van der Waals surface area contributed by atoms with E-state index < -0.39 is 0 Å². The van der Waals surface area contributed by atoms with Gasteiger partial charge in [-0.1, -0.05) is 0 Å². The summed E-state index contributed by atoms with van der Waals surface area (Å²) in [6.45, 7) is 1.84. The molecular formula is C10H12N4OS. The van der Waals surface area contributed by atoms with Crippen molar-refractivity contribution in [1.82, 2.24) is 9.66 Å². The monoisotopic (exact) mass is 236 g/mol. The molecule has 0 aliphatic carbocycles. The van der Waals surface area contributed by atoms with E-state index in [0.717, 1.165) is 5.01 Å². The van der Waals surface area contributed by atoms with Crippen molar-refractivity contribution in [2.75, 3.05) is 5.43 Å². The van der Waals surface area contributed by atoms with E-state index in [1.54, 1.807) is 22.4 Å². The van der Waals surface area contributed by atoms with Gasteiger partial charge in [-0.05, 0) is 19.1 Å². The van der Waals surface area contributed by atoms with Crippen LogP contribution in [0, 0.1) is 0 Å². The highest BCUT2D eigenvalue weighted by Gasteiger charge is 2.12. The number of carbonyl (C=O) groups is 1. The van der Waals surface area contributed by atoms with Crippen LogP contribution in [0.25, 0.3) is 0 Å². The SMILES string of the molecule is CC(N)c1nc(C(=O)Nn2cccc2)cs1.